The molecule has 0 spiro atoms. The molecule has 3 heterocycles. The second kappa shape index (κ2) is 6.33. The second-order valence-electron chi connectivity index (χ2n) is 6.54. The second-order valence-corrected chi connectivity index (χ2v) is 9.19. The highest BCUT2D eigenvalue weighted by atomic mass is 35.5. The number of aryl methyl sites for hydroxylation is 1. The molecule has 132 valence electrons. The van der Waals surface area contributed by atoms with Crippen molar-refractivity contribution >= 4 is 44.4 Å². The summed E-state index contributed by atoms with van der Waals surface area (Å²) in [6.07, 6.45) is 6.41. The van der Waals surface area contributed by atoms with Gasteiger partial charge in [-0.2, -0.15) is 0 Å². The summed E-state index contributed by atoms with van der Waals surface area (Å²) in [5.41, 5.74) is 1.94. The van der Waals surface area contributed by atoms with Crippen molar-refractivity contribution in [2.45, 2.75) is 25.8 Å². The maximum absolute atomic E-state index is 5.96. The molecule has 1 aliphatic carbocycles. The average Bonchev–Trinajstić information content (AvgIpc) is 3.07. The molecule has 0 amide bonds. The molecule has 26 heavy (non-hydrogen) atoms. The van der Waals surface area contributed by atoms with Gasteiger partial charge in [0.2, 0.25) is 10.1 Å². The molecule has 5 nitrogen and oxygen atoms in total. The standard InChI is InChI=1S/C18H16ClN5S2/c1-10-8-20-16(25-10)15(12-2-3-12)22-17-23-24-9-14(21-18(24)26-17)11-4-6-13(19)7-5-11/h4-9,12,15H,2-3H2,1H3,(H,22,23). The molecule has 4 aromatic rings. The van der Waals surface area contributed by atoms with E-state index < -0.39 is 0 Å². The van der Waals surface area contributed by atoms with Gasteiger partial charge >= 0.3 is 0 Å². The molecule has 8 heteroatoms. The maximum atomic E-state index is 5.96. The largest absolute Gasteiger partial charge is 0.351 e. The Kier molecular flexibility index (Phi) is 3.95. The first kappa shape index (κ1) is 16.2. The highest BCUT2D eigenvalue weighted by Gasteiger charge is 2.34. The van der Waals surface area contributed by atoms with Crippen LogP contribution in [0.3, 0.4) is 0 Å². The molecule has 1 aliphatic rings. The number of halogens is 1. The Bertz CT molecular complexity index is 1030. The minimum Gasteiger partial charge on any atom is -0.351 e. The van der Waals surface area contributed by atoms with E-state index in [0.717, 1.165) is 31.4 Å². The fraction of sp³-hybridized carbons (Fsp3) is 0.278. The van der Waals surface area contributed by atoms with Crippen molar-refractivity contribution < 1.29 is 0 Å². The number of benzene rings is 1. The van der Waals surface area contributed by atoms with Crippen LogP contribution >= 0.6 is 34.3 Å². The SMILES string of the molecule is Cc1cnc(C(Nc2nn3cc(-c4ccc(Cl)cc4)nc3s2)C2CC2)s1. The number of rotatable bonds is 5. The number of fused-ring (bicyclic) bond motifs is 1. The molecule has 0 saturated heterocycles. The van der Waals surface area contributed by atoms with Crippen LogP contribution in [0.1, 0.15) is 28.8 Å². The van der Waals surface area contributed by atoms with Gasteiger partial charge < -0.3 is 5.32 Å². The number of aromatic nitrogens is 4. The molecule has 1 aromatic carbocycles. The van der Waals surface area contributed by atoms with Crippen molar-refractivity contribution in [3.05, 3.63) is 51.6 Å². The molecule has 1 saturated carbocycles. The summed E-state index contributed by atoms with van der Waals surface area (Å²) < 4.78 is 1.84. The first-order valence-corrected chi connectivity index (χ1v) is 10.5. The molecular weight excluding hydrogens is 386 g/mol. The van der Waals surface area contributed by atoms with Crippen LogP contribution in [0, 0.1) is 12.8 Å². The van der Waals surface area contributed by atoms with Gasteiger partial charge in [0.05, 0.1) is 17.9 Å². The quantitative estimate of drug-likeness (QED) is 0.483. The van der Waals surface area contributed by atoms with Crippen LogP contribution in [0.5, 0.6) is 0 Å². The van der Waals surface area contributed by atoms with Crippen LogP contribution in [0.25, 0.3) is 16.2 Å². The van der Waals surface area contributed by atoms with Crippen LogP contribution in [0.4, 0.5) is 5.13 Å². The monoisotopic (exact) mass is 401 g/mol. The van der Waals surface area contributed by atoms with Crippen LogP contribution in [0.2, 0.25) is 5.02 Å². The molecule has 3 aromatic heterocycles. The lowest BCUT2D eigenvalue weighted by atomic mass is 10.2. The van der Waals surface area contributed by atoms with Crippen LogP contribution < -0.4 is 5.32 Å². The van der Waals surface area contributed by atoms with Crippen molar-refractivity contribution in [3.8, 4) is 11.3 Å². The Labute approximate surface area is 163 Å². The van der Waals surface area contributed by atoms with Crippen LogP contribution in [0.15, 0.2) is 36.7 Å². The van der Waals surface area contributed by atoms with Gasteiger partial charge in [-0.05, 0) is 37.8 Å². The van der Waals surface area contributed by atoms with Crippen molar-refractivity contribution in [1.82, 2.24) is 19.6 Å². The fourth-order valence-corrected chi connectivity index (χ4v) is 4.84. The molecule has 1 fully saturated rings. The summed E-state index contributed by atoms with van der Waals surface area (Å²) in [6, 6.07) is 7.95. The minimum atomic E-state index is 0.250. The fourth-order valence-electron chi connectivity index (χ4n) is 2.98. The summed E-state index contributed by atoms with van der Waals surface area (Å²) in [4.78, 5) is 11.4. The number of imidazole rings is 1. The third kappa shape index (κ3) is 3.11. The van der Waals surface area contributed by atoms with E-state index in [1.807, 2.05) is 41.2 Å². The summed E-state index contributed by atoms with van der Waals surface area (Å²) in [5, 5.41) is 11.0. The van der Waals surface area contributed by atoms with Crippen LogP contribution in [-0.4, -0.2) is 19.6 Å². The van der Waals surface area contributed by atoms with Gasteiger partial charge in [0.15, 0.2) is 0 Å². The molecule has 0 aliphatic heterocycles. The third-order valence-electron chi connectivity index (χ3n) is 4.46. The summed E-state index contributed by atoms with van der Waals surface area (Å²) in [5.74, 6) is 0.654. The number of hydrogen-bond acceptors (Lipinski definition) is 6. The van der Waals surface area contributed by atoms with Crippen molar-refractivity contribution in [2.75, 3.05) is 5.32 Å². The lowest BCUT2D eigenvalue weighted by Gasteiger charge is -2.14. The van der Waals surface area contributed by atoms with Gasteiger partial charge in [-0.3, -0.25) is 0 Å². The first-order chi connectivity index (χ1) is 12.7. The lowest BCUT2D eigenvalue weighted by molar-refractivity contribution is 0.670. The van der Waals surface area contributed by atoms with Gasteiger partial charge in [0.25, 0.3) is 0 Å². The smallest absolute Gasteiger partial charge is 0.214 e. The van der Waals surface area contributed by atoms with Crippen molar-refractivity contribution in [1.29, 1.82) is 0 Å². The highest BCUT2D eigenvalue weighted by Crippen LogP contribution is 2.44. The predicted molar refractivity (Wildman–Crippen MR) is 107 cm³/mol. The number of hydrogen-bond donors (Lipinski definition) is 1. The average molecular weight is 402 g/mol. The third-order valence-corrected chi connectivity index (χ3v) is 6.56. The van der Waals surface area contributed by atoms with Gasteiger partial charge in [-0.15, -0.1) is 16.4 Å². The van der Waals surface area contributed by atoms with E-state index in [4.69, 9.17) is 16.6 Å². The Balaban J connectivity index is 1.41. The van der Waals surface area contributed by atoms with E-state index in [0.29, 0.717) is 5.92 Å². The first-order valence-electron chi connectivity index (χ1n) is 8.47. The molecular formula is C18H16ClN5S2. The topological polar surface area (TPSA) is 55.1 Å². The lowest BCUT2D eigenvalue weighted by Crippen LogP contribution is -2.12. The maximum Gasteiger partial charge on any atom is 0.214 e. The van der Waals surface area contributed by atoms with E-state index in [1.165, 1.54) is 17.7 Å². The van der Waals surface area contributed by atoms with E-state index in [1.54, 1.807) is 22.7 Å². The summed E-state index contributed by atoms with van der Waals surface area (Å²) in [7, 11) is 0. The minimum absolute atomic E-state index is 0.250. The summed E-state index contributed by atoms with van der Waals surface area (Å²) >= 11 is 9.29. The Morgan fingerprint density at radius 2 is 2.04 bits per heavy atom. The normalized spacial score (nSPS) is 15.5. The Morgan fingerprint density at radius 3 is 2.69 bits per heavy atom. The Morgan fingerprint density at radius 1 is 1.23 bits per heavy atom. The van der Waals surface area contributed by atoms with E-state index in [2.05, 4.69) is 22.3 Å². The molecule has 0 radical (unpaired) electrons. The zero-order valence-electron chi connectivity index (χ0n) is 14.0. The van der Waals surface area contributed by atoms with E-state index in [-0.39, 0.29) is 6.04 Å². The summed E-state index contributed by atoms with van der Waals surface area (Å²) in [6.45, 7) is 2.10. The van der Waals surface area contributed by atoms with E-state index >= 15 is 0 Å². The number of nitrogens with zero attached hydrogens (tertiary/aromatic N) is 4. The highest BCUT2D eigenvalue weighted by molar-refractivity contribution is 7.20. The number of nitrogens with one attached hydrogen (secondary N) is 1. The van der Waals surface area contributed by atoms with Crippen LogP contribution in [-0.2, 0) is 0 Å². The predicted octanol–water partition coefficient (Wildman–Crippen LogP) is 5.44. The zero-order chi connectivity index (χ0) is 17.7. The zero-order valence-corrected chi connectivity index (χ0v) is 16.4. The molecule has 5 rings (SSSR count). The van der Waals surface area contributed by atoms with Crippen molar-refractivity contribution in [2.24, 2.45) is 5.92 Å². The molecule has 0 bridgehead atoms. The Hall–Kier alpha value is -1.96. The van der Waals surface area contributed by atoms with E-state index in [9.17, 15) is 0 Å². The molecule has 1 atom stereocenters. The molecule has 1 N–H and O–H groups in total. The number of anilines is 1. The van der Waals surface area contributed by atoms with Gasteiger partial charge in [0.1, 0.15) is 5.01 Å². The van der Waals surface area contributed by atoms with Crippen molar-refractivity contribution in [3.63, 3.8) is 0 Å². The molecule has 1 unspecified atom stereocenters. The van der Waals surface area contributed by atoms with Gasteiger partial charge in [0, 0.05) is 21.7 Å². The van der Waals surface area contributed by atoms with Gasteiger partial charge in [-0.25, -0.2) is 14.5 Å². The number of thiazole rings is 1. The van der Waals surface area contributed by atoms with Gasteiger partial charge in [-0.1, -0.05) is 35.1 Å².